The molecule has 0 radical (unpaired) electrons. The van der Waals surface area contributed by atoms with E-state index in [1.165, 1.54) is 18.2 Å². The highest BCUT2D eigenvalue weighted by molar-refractivity contribution is 7.92. The van der Waals surface area contributed by atoms with Gasteiger partial charge in [0.2, 0.25) is 17.7 Å². The van der Waals surface area contributed by atoms with Gasteiger partial charge in [0.05, 0.1) is 28.7 Å². The summed E-state index contributed by atoms with van der Waals surface area (Å²) in [6, 6.07) is 13.3. The number of aromatic nitrogens is 2. The van der Waals surface area contributed by atoms with E-state index in [0.29, 0.717) is 38.2 Å². The van der Waals surface area contributed by atoms with Crippen LogP contribution in [-0.4, -0.2) is 66.1 Å². The van der Waals surface area contributed by atoms with Crippen molar-refractivity contribution in [3.63, 3.8) is 0 Å². The van der Waals surface area contributed by atoms with E-state index in [4.69, 9.17) is 9.47 Å². The van der Waals surface area contributed by atoms with Crippen molar-refractivity contribution in [1.29, 1.82) is 0 Å². The number of sulfonamides is 1. The molecule has 1 unspecified atom stereocenters. The van der Waals surface area contributed by atoms with E-state index in [1.807, 2.05) is 50.8 Å². The molecule has 1 atom stereocenters. The Morgan fingerprint density at radius 2 is 1.70 bits per heavy atom. The van der Waals surface area contributed by atoms with Crippen LogP contribution in [0.25, 0.3) is 11.3 Å². The molecule has 2 aromatic carbocycles. The highest BCUT2D eigenvalue weighted by Gasteiger charge is 2.42. The van der Waals surface area contributed by atoms with E-state index < -0.39 is 21.7 Å². The number of piperidine rings is 1. The molecule has 1 aromatic heterocycles. The van der Waals surface area contributed by atoms with Crippen LogP contribution in [-0.2, 0) is 19.6 Å². The number of carbonyl (C=O) groups excluding carboxylic acids is 2. The van der Waals surface area contributed by atoms with E-state index in [1.54, 1.807) is 12.1 Å². The molecule has 12 heteroatoms. The highest BCUT2D eigenvalue weighted by Crippen LogP contribution is 2.34. The minimum Gasteiger partial charge on any atom is -0.451 e. The lowest BCUT2D eigenvalue weighted by Gasteiger charge is -2.43. The van der Waals surface area contributed by atoms with Crippen molar-refractivity contribution in [2.45, 2.75) is 69.6 Å². The normalized spacial score (nSPS) is 22.0. The van der Waals surface area contributed by atoms with Gasteiger partial charge in [-0.05, 0) is 69.9 Å². The fourth-order valence-electron chi connectivity index (χ4n) is 6.13. The third-order valence-electron chi connectivity index (χ3n) is 8.72. The van der Waals surface area contributed by atoms with Crippen molar-refractivity contribution in [1.82, 2.24) is 20.2 Å². The Morgan fingerprint density at radius 3 is 2.39 bits per heavy atom. The summed E-state index contributed by atoms with van der Waals surface area (Å²) < 4.78 is 41.6. The zero-order valence-corrected chi connectivity index (χ0v) is 26.2. The average molecular weight is 620 g/mol. The minimum atomic E-state index is -4.12. The second-order valence-corrected chi connectivity index (χ2v) is 14.2. The summed E-state index contributed by atoms with van der Waals surface area (Å²) >= 11 is 0. The van der Waals surface area contributed by atoms with Gasteiger partial charge in [0.1, 0.15) is 0 Å². The second kappa shape index (κ2) is 11.2. The van der Waals surface area contributed by atoms with Crippen LogP contribution in [0.3, 0.4) is 0 Å². The van der Waals surface area contributed by atoms with Crippen LogP contribution in [0.5, 0.6) is 5.88 Å². The van der Waals surface area contributed by atoms with E-state index in [2.05, 4.69) is 20.0 Å². The summed E-state index contributed by atoms with van der Waals surface area (Å²) in [4.78, 5) is 37.7. The molecule has 44 heavy (non-hydrogen) atoms. The van der Waals surface area contributed by atoms with Gasteiger partial charge < -0.3 is 19.7 Å². The van der Waals surface area contributed by atoms with Crippen molar-refractivity contribution in [2.75, 3.05) is 24.4 Å². The van der Waals surface area contributed by atoms with Crippen LogP contribution in [0.15, 0.2) is 53.4 Å². The van der Waals surface area contributed by atoms with Gasteiger partial charge in [-0.3, -0.25) is 9.59 Å². The number of likely N-dealkylation sites (tertiary alicyclic amines) is 1. The molecule has 3 aliphatic heterocycles. The molecule has 4 heterocycles. The van der Waals surface area contributed by atoms with Gasteiger partial charge in [-0.2, -0.15) is 4.98 Å². The zero-order chi connectivity index (χ0) is 31.3. The number of nitrogens with zero attached hydrogens (tertiary/aromatic N) is 3. The van der Waals surface area contributed by atoms with Crippen LogP contribution in [0, 0.1) is 19.8 Å². The number of rotatable bonds is 2. The Balaban J connectivity index is 1.36. The SMILES string of the molecule is Cc1cccc(C)c1-c1cc2nc(n1)NS(=O)(=O)c1cccc(c1)C(=O)NC1(CCN(C(=O)C3CCC(C)(C)OC3)CC1)O2. The standard InChI is InChI=1S/C32H37N5O6S/c1-20-7-5-8-21(2)27(20)25-18-26-34-30(33-25)36-44(40,41)24-10-6-9-22(17-24)28(38)35-32(43-26)13-15-37(16-14-32)29(39)23-11-12-31(3,4)42-19-23/h5-10,17-18,23H,11-16,19H2,1-4H3,(H,35,38)(H,33,34,36). The number of hydrogen-bond acceptors (Lipinski definition) is 8. The van der Waals surface area contributed by atoms with E-state index in [9.17, 15) is 18.0 Å². The van der Waals surface area contributed by atoms with Crippen molar-refractivity contribution < 1.29 is 27.5 Å². The smallest absolute Gasteiger partial charge is 0.264 e. The van der Waals surface area contributed by atoms with Crippen LogP contribution in [0.4, 0.5) is 5.95 Å². The average Bonchev–Trinajstić information content (AvgIpc) is 2.96. The first-order valence-electron chi connectivity index (χ1n) is 14.9. The second-order valence-electron chi connectivity index (χ2n) is 12.5. The van der Waals surface area contributed by atoms with Crippen molar-refractivity contribution in [2.24, 2.45) is 5.92 Å². The maximum atomic E-state index is 13.6. The van der Waals surface area contributed by atoms with Gasteiger partial charge in [-0.25, -0.2) is 18.1 Å². The number of amides is 2. The summed E-state index contributed by atoms with van der Waals surface area (Å²) in [5.74, 6) is -0.708. The molecule has 3 aromatic rings. The number of aryl methyl sites for hydroxylation is 2. The lowest BCUT2D eigenvalue weighted by Crippen LogP contribution is -2.60. The first-order chi connectivity index (χ1) is 20.8. The molecular formula is C32H37N5O6S. The Kier molecular flexibility index (Phi) is 7.61. The highest BCUT2D eigenvalue weighted by atomic mass is 32.2. The molecular weight excluding hydrogens is 582 g/mol. The third-order valence-corrected chi connectivity index (χ3v) is 10.0. The molecule has 2 amide bonds. The number of fused-ring (bicyclic) bond motifs is 4. The molecule has 2 N–H and O–H groups in total. The minimum absolute atomic E-state index is 0.0403. The van der Waals surface area contributed by atoms with Gasteiger partial charge in [-0.15, -0.1) is 0 Å². The number of hydrogen-bond donors (Lipinski definition) is 2. The topological polar surface area (TPSA) is 140 Å². The predicted octanol–water partition coefficient (Wildman–Crippen LogP) is 4.21. The molecule has 1 spiro atoms. The summed E-state index contributed by atoms with van der Waals surface area (Å²) in [6.07, 6.45) is 2.17. The largest absolute Gasteiger partial charge is 0.451 e. The van der Waals surface area contributed by atoms with Gasteiger partial charge in [0, 0.05) is 43.1 Å². The maximum absolute atomic E-state index is 13.6. The Morgan fingerprint density at radius 1 is 1.00 bits per heavy atom. The van der Waals surface area contributed by atoms with E-state index in [-0.39, 0.29) is 39.7 Å². The summed E-state index contributed by atoms with van der Waals surface area (Å²) in [6.45, 7) is 9.06. The molecule has 2 saturated heterocycles. The fraction of sp³-hybridized carbons (Fsp3) is 0.438. The molecule has 232 valence electrons. The first kappa shape index (κ1) is 30.0. The summed E-state index contributed by atoms with van der Waals surface area (Å²) in [5, 5.41) is 3.03. The molecule has 6 rings (SSSR count). The number of nitrogens with one attached hydrogen (secondary N) is 2. The summed E-state index contributed by atoms with van der Waals surface area (Å²) in [7, 11) is -4.12. The number of ether oxygens (including phenoxy) is 2. The van der Waals surface area contributed by atoms with Crippen molar-refractivity contribution in [3.05, 3.63) is 65.2 Å². The van der Waals surface area contributed by atoms with Crippen LogP contribution in [0.2, 0.25) is 0 Å². The van der Waals surface area contributed by atoms with Crippen LogP contribution >= 0.6 is 0 Å². The summed E-state index contributed by atoms with van der Waals surface area (Å²) in [5.41, 5.74) is 1.92. The predicted molar refractivity (Wildman–Crippen MR) is 164 cm³/mol. The maximum Gasteiger partial charge on any atom is 0.264 e. The van der Waals surface area contributed by atoms with E-state index >= 15 is 0 Å². The zero-order valence-electron chi connectivity index (χ0n) is 25.3. The monoisotopic (exact) mass is 619 g/mol. The third kappa shape index (κ3) is 6.00. The Labute approximate surface area is 257 Å². The van der Waals surface area contributed by atoms with E-state index in [0.717, 1.165) is 29.5 Å². The molecule has 0 aliphatic carbocycles. The molecule has 2 fully saturated rings. The number of carbonyl (C=O) groups is 2. The quantitative estimate of drug-likeness (QED) is 0.435. The fourth-order valence-corrected chi connectivity index (χ4v) is 7.12. The molecule has 0 saturated carbocycles. The Hall–Kier alpha value is -4.03. The number of anilines is 1. The van der Waals surface area contributed by atoms with Crippen LogP contribution < -0.4 is 14.8 Å². The molecule has 4 bridgehead atoms. The molecule has 11 nitrogen and oxygen atoms in total. The molecule has 3 aliphatic rings. The number of benzene rings is 2. The van der Waals surface area contributed by atoms with Gasteiger partial charge in [0.15, 0.2) is 5.72 Å². The lowest BCUT2D eigenvalue weighted by molar-refractivity contribution is -0.150. The van der Waals surface area contributed by atoms with Gasteiger partial charge in [0.25, 0.3) is 15.9 Å². The van der Waals surface area contributed by atoms with Gasteiger partial charge >= 0.3 is 0 Å². The lowest BCUT2D eigenvalue weighted by atomic mass is 9.90. The van der Waals surface area contributed by atoms with Crippen LogP contribution in [0.1, 0.15) is 61.0 Å². The van der Waals surface area contributed by atoms with Crippen molar-refractivity contribution in [3.8, 4) is 17.1 Å². The first-order valence-corrected chi connectivity index (χ1v) is 16.3. The van der Waals surface area contributed by atoms with Gasteiger partial charge in [-0.1, -0.05) is 24.3 Å². The van der Waals surface area contributed by atoms with Crippen molar-refractivity contribution >= 4 is 27.8 Å². The Bertz CT molecular complexity index is 1700.